The highest BCUT2D eigenvalue weighted by Crippen LogP contribution is 2.35. The van der Waals surface area contributed by atoms with Crippen LogP contribution < -0.4 is 10.5 Å². The van der Waals surface area contributed by atoms with Gasteiger partial charge in [0.1, 0.15) is 16.9 Å². The number of ether oxygens (including phenoxy) is 2. The molecule has 1 aliphatic rings. The van der Waals surface area contributed by atoms with Crippen molar-refractivity contribution in [2.75, 3.05) is 39.1 Å². The highest BCUT2D eigenvalue weighted by atomic mass is 79.9. The van der Waals surface area contributed by atoms with Crippen LogP contribution in [0.1, 0.15) is 12.8 Å². The van der Waals surface area contributed by atoms with Gasteiger partial charge in [0.2, 0.25) is 11.8 Å². The Morgan fingerprint density at radius 1 is 1.18 bits per heavy atom. The molecule has 1 amide bonds. The first-order valence-electron chi connectivity index (χ1n) is 11.3. The first kappa shape index (κ1) is 22.6. The van der Waals surface area contributed by atoms with Gasteiger partial charge in [-0.25, -0.2) is 0 Å². The first-order valence-corrected chi connectivity index (χ1v) is 12.1. The van der Waals surface area contributed by atoms with E-state index in [2.05, 4.69) is 51.4 Å². The van der Waals surface area contributed by atoms with Crippen molar-refractivity contribution in [1.29, 1.82) is 0 Å². The van der Waals surface area contributed by atoms with Crippen LogP contribution in [0.15, 0.2) is 53.1 Å². The number of piperidine rings is 1. The number of rotatable bonds is 6. The number of nitrogens with zero attached hydrogens (tertiary/aromatic N) is 4. The lowest BCUT2D eigenvalue weighted by Crippen LogP contribution is -2.41. The Balaban J connectivity index is 1.36. The Kier molecular flexibility index (Phi) is 6.38. The maximum absolute atomic E-state index is 12.0. The molecule has 4 aromatic rings. The lowest BCUT2D eigenvalue weighted by atomic mass is 9.98. The number of amides is 1. The third-order valence-corrected chi connectivity index (χ3v) is 7.09. The van der Waals surface area contributed by atoms with Crippen molar-refractivity contribution < 1.29 is 14.3 Å². The van der Waals surface area contributed by atoms with Gasteiger partial charge >= 0.3 is 0 Å². The Labute approximate surface area is 205 Å². The molecule has 176 valence electrons. The van der Waals surface area contributed by atoms with E-state index < -0.39 is 0 Å². The average molecular weight is 524 g/mol. The molecule has 0 unspecified atom stereocenters. The maximum atomic E-state index is 12.0. The average Bonchev–Trinajstić information content (AvgIpc) is 3.29. The van der Waals surface area contributed by atoms with Crippen molar-refractivity contribution in [2.24, 2.45) is 5.92 Å². The van der Waals surface area contributed by atoms with Gasteiger partial charge in [-0.3, -0.25) is 4.79 Å². The molecule has 2 aromatic heterocycles. The number of nitrogens with two attached hydrogens (primary N) is 1. The van der Waals surface area contributed by atoms with Crippen molar-refractivity contribution in [2.45, 2.75) is 12.8 Å². The maximum Gasteiger partial charge on any atom is 0.248 e. The van der Waals surface area contributed by atoms with Crippen LogP contribution in [0.25, 0.3) is 27.5 Å². The zero-order valence-corrected chi connectivity index (χ0v) is 20.5. The number of fused-ring (bicyclic) bond motifs is 2. The van der Waals surface area contributed by atoms with Gasteiger partial charge in [0.05, 0.1) is 12.8 Å². The molecule has 1 saturated heterocycles. The van der Waals surface area contributed by atoms with E-state index in [1.54, 1.807) is 10.7 Å². The van der Waals surface area contributed by atoms with Crippen molar-refractivity contribution >= 4 is 44.1 Å². The van der Waals surface area contributed by atoms with Crippen LogP contribution in [0, 0.1) is 5.92 Å². The summed E-state index contributed by atoms with van der Waals surface area (Å²) in [5, 5.41) is 6.79. The number of carbonyl (C=O) groups excluding carboxylic acids is 1. The second kappa shape index (κ2) is 9.60. The number of nitrogen functional groups attached to an aromatic ring is 1. The van der Waals surface area contributed by atoms with Crippen molar-refractivity contribution in [3.63, 3.8) is 0 Å². The predicted molar refractivity (Wildman–Crippen MR) is 135 cm³/mol. The number of anilines is 1. The number of methoxy groups -OCH3 is 1. The molecule has 0 atom stereocenters. The van der Waals surface area contributed by atoms with Gasteiger partial charge in [0, 0.05) is 25.8 Å². The molecule has 0 spiro atoms. The molecule has 0 bridgehead atoms. The molecule has 1 aliphatic heterocycles. The molecule has 2 N–H and O–H groups in total. The summed E-state index contributed by atoms with van der Waals surface area (Å²) < 4.78 is 13.3. The van der Waals surface area contributed by atoms with Gasteiger partial charge in [0.15, 0.2) is 5.65 Å². The predicted octanol–water partition coefficient (Wildman–Crippen LogP) is 4.16. The highest BCUT2D eigenvalue weighted by Gasteiger charge is 2.24. The summed E-state index contributed by atoms with van der Waals surface area (Å²) in [6.45, 7) is 2.05. The van der Waals surface area contributed by atoms with Crippen LogP contribution in [0.5, 0.6) is 5.88 Å². The number of halogens is 1. The summed E-state index contributed by atoms with van der Waals surface area (Å²) in [7, 11) is 1.54. The molecular formula is C25H26BrN5O3. The van der Waals surface area contributed by atoms with Crippen LogP contribution in [0.2, 0.25) is 0 Å². The van der Waals surface area contributed by atoms with E-state index in [1.165, 1.54) is 12.5 Å². The van der Waals surface area contributed by atoms with Crippen molar-refractivity contribution in [1.82, 2.24) is 19.5 Å². The van der Waals surface area contributed by atoms with E-state index in [0.717, 1.165) is 29.4 Å². The van der Waals surface area contributed by atoms with E-state index in [1.807, 2.05) is 17.0 Å². The van der Waals surface area contributed by atoms with Crippen molar-refractivity contribution in [3.8, 4) is 17.0 Å². The minimum absolute atomic E-state index is 0.0338. The second-order valence-electron chi connectivity index (χ2n) is 8.54. The third kappa shape index (κ3) is 4.33. The molecule has 34 heavy (non-hydrogen) atoms. The fraction of sp³-hybridized carbons (Fsp3) is 0.320. The normalized spacial score (nSPS) is 14.7. The molecular weight excluding hydrogens is 498 g/mol. The third-order valence-electron chi connectivity index (χ3n) is 6.34. The summed E-state index contributed by atoms with van der Waals surface area (Å²) in [5.41, 5.74) is 8.92. The highest BCUT2D eigenvalue weighted by molar-refractivity contribution is 9.10. The minimum atomic E-state index is 0.0338. The van der Waals surface area contributed by atoms with E-state index >= 15 is 0 Å². The molecule has 0 aliphatic carbocycles. The minimum Gasteiger partial charge on any atom is -0.476 e. The first-order chi connectivity index (χ1) is 16.5. The van der Waals surface area contributed by atoms with Crippen LogP contribution in [-0.2, 0) is 9.53 Å². The largest absolute Gasteiger partial charge is 0.476 e. The molecule has 3 heterocycles. The molecule has 2 aromatic carbocycles. The number of hydrogen-bond acceptors (Lipinski definition) is 6. The standard InChI is InChI=1S/C25H26BrN5O3/c1-33-15-21(32)30-10-8-16(9-11-30)14-34-25-22(26)23(27)31-24(29-25)20(13-28-31)19-7-6-17-4-2-3-5-18(17)12-19/h2-7,12-13,16H,8-11,14-15,27H2,1H3. The molecule has 9 heteroatoms. The van der Waals surface area contributed by atoms with E-state index in [4.69, 9.17) is 20.2 Å². The summed E-state index contributed by atoms with van der Waals surface area (Å²) in [6.07, 6.45) is 3.53. The Morgan fingerprint density at radius 2 is 1.94 bits per heavy atom. The van der Waals surface area contributed by atoms with Crippen molar-refractivity contribution in [3.05, 3.63) is 53.1 Å². The topological polar surface area (TPSA) is 95.0 Å². The molecule has 8 nitrogen and oxygen atoms in total. The Hall–Kier alpha value is -3.17. The monoisotopic (exact) mass is 523 g/mol. The zero-order valence-electron chi connectivity index (χ0n) is 18.9. The fourth-order valence-electron chi connectivity index (χ4n) is 4.39. The lowest BCUT2D eigenvalue weighted by molar-refractivity contribution is -0.136. The summed E-state index contributed by atoms with van der Waals surface area (Å²) in [6, 6.07) is 14.5. The zero-order chi connectivity index (χ0) is 23.7. The quantitative estimate of drug-likeness (QED) is 0.407. The second-order valence-corrected chi connectivity index (χ2v) is 9.33. The van der Waals surface area contributed by atoms with Crippen LogP contribution >= 0.6 is 15.9 Å². The van der Waals surface area contributed by atoms with Gasteiger partial charge in [0.25, 0.3) is 0 Å². The van der Waals surface area contributed by atoms with Crippen LogP contribution in [-0.4, -0.2) is 58.8 Å². The summed E-state index contributed by atoms with van der Waals surface area (Å²) >= 11 is 3.53. The number of carbonyl (C=O) groups is 1. The lowest BCUT2D eigenvalue weighted by Gasteiger charge is -2.31. The number of likely N-dealkylation sites (tertiary alicyclic amines) is 1. The summed E-state index contributed by atoms with van der Waals surface area (Å²) in [5.74, 6) is 1.26. The van der Waals surface area contributed by atoms with Gasteiger partial charge in [-0.2, -0.15) is 14.6 Å². The number of benzene rings is 2. The van der Waals surface area contributed by atoms with Gasteiger partial charge < -0.3 is 20.1 Å². The van der Waals surface area contributed by atoms with Crippen LogP contribution in [0.4, 0.5) is 5.82 Å². The molecule has 0 saturated carbocycles. The van der Waals surface area contributed by atoms with Gasteiger partial charge in [-0.05, 0) is 57.1 Å². The van der Waals surface area contributed by atoms with Gasteiger partial charge in [-0.15, -0.1) is 0 Å². The molecule has 5 rings (SSSR count). The molecule has 0 radical (unpaired) electrons. The van der Waals surface area contributed by atoms with Crippen LogP contribution in [0.3, 0.4) is 0 Å². The van der Waals surface area contributed by atoms with E-state index in [9.17, 15) is 4.79 Å². The smallest absolute Gasteiger partial charge is 0.248 e. The van der Waals surface area contributed by atoms with E-state index in [-0.39, 0.29) is 12.5 Å². The number of aromatic nitrogens is 3. The summed E-state index contributed by atoms with van der Waals surface area (Å²) in [4.78, 5) is 18.6. The Morgan fingerprint density at radius 3 is 2.71 bits per heavy atom. The van der Waals surface area contributed by atoms with Gasteiger partial charge in [-0.1, -0.05) is 36.4 Å². The fourth-order valence-corrected chi connectivity index (χ4v) is 4.76. The molecule has 1 fully saturated rings. The SMILES string of the molecule is COCC(=O)N1CCC(COc2nc3c(-c4ccc5ccccc5c4)cnn3c(N)c2Br)CC1. The van der Waals surface area contributed by atoms with E-state index in [0.29, 0.717) is 47.4 Å². The Bertz CT molecular complexity index is 1350. The number of hydrogen-bond donors (Lipinski definition) is 1.